The van der Waals surface area contributed by atoms with Gasteiger partial charge in [0, 0.05) is 36.0 Å². The molecule has 100 valence electrons. The van der Waals surface area contributed by atoms with E-state index in [2.05, 4.69) is 15.1 Å². The highest BCUT2D eigenvalue weighted by atomic mass is 32.2. The Kier molecular flexibility index (Phi) is 3.14. The van der Waals surface area contributed by atoms with Crippen LogP contribution in [0, 0.1) is 13.8 Å². The highest BCUT2D eigenvalue weighted by Crippen LogP contribution is 2.12. The van der Waals surface area contributed by atoms with E-state index in [4.69, 9.17) is 0 Å². The van der Waals surface area contributed by atoms with Crippen LogP contribution in [-0.2, 0) is 0 Å². The standard InChI is InChI=1S/C12H15N5OS/c1-8-7-9(2)17-12(13-8)14-10(15-17)11(18)16-3-5-19-6-4-16/h7H,3-6H2,1-2H3. The molecule has 1 aliphatic rings. The van der Waals surface area contributed by atoms with Crippen LogP contribution in [0.1, 0.15) is 22.0 Å². The summed E-state index contributed by atoms with van der Waals surface area (Å²) in [7, 11) is 0. The van der Waals surface area contributed by atoms with E-state index in [0.717, 1.165) is 36.0 Å². The Morgan fingerprint density at radius 3 is 2.74 bits per heavy atom. The molecule has 0 atom stereocenters. The van der Waals surface area contributed by atoms with Gasteiger partial charge in [0.05, 0.1) is 0 Å². The zero-order valence-electron chi connectivity index (χ0n) is 11.0. The van der Waals surface area contributed by atoms with Gasteiger partial charge in [-0.05, 0) is 19.9 Å². The van der Waals surface area contributed by atoms with Gasteiger partial charge in [0.1, 0.15) is 0 Å². The number of carbonyl (C=O) groups excluding carboxylic acids is 1. The fourth-order valence-electron chi connectivity index (χ4n) is 2.16. The molecule has 19 heavy (non-hydrogen) atoms. The van der Waals surface area contributed by atoms with Crippen LogP contribution in [0.25, 0.3) is 5.78 Å². The van der Waals surface area contributed by atoms with E-state index in [0.29, 0.717) is 5.78 Å². The lowest BCUT2D eigenvalue weighted by molar-refractivity contribution is 0.0760. The Bertz CT molecular complexity index is 632. The van der Waals surface area contributed by atoms with E-state index in [1.54, 1.807) is 4.52 Å². The normalized spacial score (nSPS) is 16.0. The molecule has 6 nitrogen and oxygen atoms in total. The molecule has 2 aromatic heterocycles. The molecule has 2 aromatic rings. The van der Waals surface area contributed by atoms with Crippen molar-refractivity contribution in [2.24, 2.45) is 0 Å². The highest BCUT2D eigenvalue weighted by Gasteiger charge is 2.23. The molecule has 0 N–H and O–H groups in total. The molecule has 0 radical (unpaired) electrons. The summed E-state index contributed by atoms with van der Waals surface area (Å²) in [6.45, 7) is 5.38. The molecule has 7 heteroatoms. The minimum atomic E-state index is -0.0946. The Morgan fingerprint density at radius 1 is 1.26 bits per heavy atom. The number of nitrogens with zero attached hydrogens (tertiary/aromatic N) is 5. The number of amides is 1. The quantitative estimate of drug-likeness (QED) is 0.776. The number of fused-ring (bicyclic) bond motifs is 1. The Morgan fingerprint density at radius 2 is 2.00 bits per heavy atom. The molecule has 3 heterocycles. The first-order valence-electron chi connectivity index (χ1n) is 6.23. The van der Waals surface area contributed by atoms with Gasteiger partial charge in [-0.2, -0.15) is 16.7 Å². The van der Waals surface area contributed by atoms with Gasteiger partial charge in [0.15, 0.2) is 0 Å². The molecule has 0 unspecified atom stereocenters. The van der Waals surface area contributed by atoms with Crippen LogP contribution in [0.3, 0.4) is 0 Å². The van der Waals surface area contributed by atoms with Gasteiger partial charge in [-0.15, -0.1) is 5.10 Å². The first kappa shape index (κ1) is 12.4. The van der Waals surface area contributed by atoms with Gasteiger partial charge < -0.3 is 4.90 Å². The average Bonchev–Trinajstić information content (AvgIpc) is 2.83. The molecular formula is C12H15N5OS. The number of aryl methyl sites for hydroxylation is 2. The zero-order valence-corrected chi connectivity index (χ0v) is 11.8. The van der Waals surface area contributed by atoms with Gasteiger partial charge in [-0.1, -0.05) is 0 Å². The van der Waals surface area contributed by atoms with Crippen LogP contribution in [0.5, 0.6) is 0 Å². The Hall–Kier alpha value is -1.63. The third-order valence-corrected chi connectivity index (χ3v) is 4.05. The van der Waals surface area contributed by atoms with Crippen molar-refractivity contribution in [1.29, 1.82) is 0 Å². The van der Waals surface area contributed by atoms with E-state index in [9.17, 15) is 4.79 Å². The summed E-state index contributed by atoms with van der Waals surface area (Å²) in [4.78, 5) is 22.7. The maximum Gasteiger partial charge on any atom is 0.293 e. The molecule has 0 saturated carbocycles. The molecule has 0 aromatic carbocycles. The van der Waals surface area contributed by atoms with Gasteiger partial charge in [0.2, 0.25) is 5.82 Å². The summed E-state index contributed by atoms with van der Waals surface area (Å²) in [6, 6.07) is 1.92. The second kappa shape index (κ2) is 4.80. The Labute approximate surface area is 115 Å². The smallest absolute Gasteiger partial charge is 0.293 e. The van der Waals surface area contributed by atoms with E-state index < -0.39 is 0 Å². The van der Waals surface area contributed by atoms with Crippen molar-refractivity contribution in [1.82, 2.24) is 24.5 Å². The van der Waals surface area contributed by atoms with Crippen molar-refractivity contribution in [3.63, 3.8) is 0 Å². The van der Waals surface area contributed by atoms with Crippen molar-refractivity contribution < 1.29 is 4.79 Å². The molecule has 0 spiro atoms. The summed E-state index contributed by atoms with van der Waals surface area (Å²) < 4.78 is 1.62. The minimum Gasteiger partial charge on any atom is -0.334 e. The van der Waals surface area contributed by atoms with Crippen LogP contribution in [0.4, 0.5) is 0 Å². The van der Waals surface area contributed by atoms with Crippen molar-refractivity contribution in [2.75, 3.05) is 24.6 Å². The summed E-state index contributed by atoms with van der Waals surface area (Å²) in [5, 5.41) is 4.27. The van der Waals surface area contributed by atoms with Gasteiger partial charge in [-0.3, -0.25) is 4.79 Å². The van der Waals surface area contributed by atoms with Crippen LogP contribution in [0.2, 0.25) is 0 Å². The fraction of sp³-hybridized carbons (Fsp3) is 0.500. The first-order valence-corrected chi connectivity index (χ1v) is 7.38. The van der Waals surface area contributed by atoms with Crippen molar-refractivity contribution in [3.05, 3.63) is 23.3 Å². The summed E-state index contributed by atoms with van der Waals surface area (Å²) in [6.07, 6.45) is 0. The number of carbonyl (C=O) groups is 1. The SMILES string of the molecule is Cc1cc(C)n2nc(C(=O)N3CCSCC3)nc2n1. The summed E-state index contributed by atoms with van der Waals surface area (Å²) >= 11 is 1.87. The lowest BCUT2D eigenvalue weighted by Crippen LogP contribution is -2.38. The molecule has 0 bridgehead atoms. The molecule has 1 aliphatic heterocycles. The fourth-order valence-corrected chi connectivity index (χ4v) is 3.07. The number of aromatic nitrogens is 4. The maximum absolute atomic E-state index is 12.3. The predicted octanol–water partition coefficient (Wildman–Crippen LogP) is 0.930. The second-order valence-electron chi connectivity index (χ2n) is 4.59. The van der Waals surface area contributed by atoms with Crippen LogP contribution in [-0.4, -0.2) is 55.0 Å². The van der Waals surface area contributed by atoms with Crippen LogP contribution < -0.4 is 0 Å². The van der Waals surface area contributed by atoms with Crippen molar-refractivity contribution in [2.45, 2.75) is 13.8 Å². The monoisotopic (exact) mass is 277 g/mol. The van der Waals surface area contributed by atoms with Gasteiger partial charge in [-0.25, -0.2) is 9.50 Å². The first-order chi connectivity index (χ1) is 9.15. The maximum atomic E-state index is 12.3. The van der Waals surface area contributed by atoms with Gasteiger partial charge in [0.25, 0.3) is 11.7 Å². The molecule has 1 saturated heterocycles. The minimum absolute atomic E-state index is 0.0946. The largest absolute Gasteiger partial charge is 0.334 e. The molecular weight excluding hydrogens is 262 g/mol. The number of rotatable bonds is 1. The molecule has 1 fully saturated rings. The molecule has 0 aliphatic carbocycles. The van der Waals surface area contributed by atoms with E-state index in [1.165, 1.54) is 0 Å². The lowest BCUT2D eigenvalue weighted by atomic mass is 10.4. The molecule has 3 rings (SSSR count). The highest BCUT2D eigenvalue weighted by molar-refractivity contribution is 7.99. The van der Waals surface area contributed by atoms with Crippen LogP contribution >= 0.6 is 11.8 Å². The van der Waals surface area contributed by atoms with Crippen LogP contribution in [0.15, 0.2) is 6.07 Å². The van der Waals surface area contributed by atoms with E-state index in [1.807, 2.05) is 36.6 Å². The second-order valence-corrected chi connectivity index (χ2v) is 5.82. The van der Waals surface area contributed by atoms with E-state index >= 15 is 0 Å². The number of hydrogen-bond donors (Lipinski definition) is 0. The average molecular weight is 277 g/mol. The Balaban J connectivity index is 1.96. The van der Waals surface area contributed by atoms with E-state index in [-0.39, 0.29) is 11.7 Å². The summed E-state index contributed by atoms with van der Waals surface area (Å²) in [5.74, 6) is 2.61. The number of hydrogen-bond acceptors (Lipinski definition) is 5. The molecule has 1 amide bonds. The van der Waals surface area contributed by atoms with Crippen molar-refractivity contribution >= 4 is 23.4 Å². The van der Waals surface area contributed by atoms with Gasteiger partial charge >= 0.3 is 0 Å². The predicted molar refractivity (Wildman–Crippen MR) is 73.5 cm³/mol. The third kappa shape index (κ3) is 2.30. The third-order valence-electron chi connectivity index (χ3n) is 3.11. The van der Waals surface area contributed by atoms with Crippen molar-refractivity contribution in [3.8, 4) is 0 Å². The lowest BCUT2D eigenvalue weighted by Gasteiger charge is -2.24. The summed E-state index contributed by atoms with van der Waals surface area (Å²) in [5.41, 5.74) is 1.81. The topological polar surface area (TPSA) is 63.4 Å². The zero-order chi connectivity index (χ0) is 13.4. The number of thioether (sulfide) groups is 1.